The van der Waals surface area contributed by atoms with Crippen molar-refractivity contribution in [3.8, 4) is 6.07 Å². The second-order valence-corrected chi connectivity index (χ2v) is 6.10. The molecule has 0 heterocycles. The number of methoxy groups -OCH3 is 1. The highest BCUT2D eigenvalue weighted by atomic mass is 35.5. The van der Waals surface area contributed by atoms with Crippen molar-refractivity contribution in [2.75, 3.05) is 7.11 Å². The summed E-state index contributed by atoms with van der Waals surface area (Å²) in [6.07, 6.45) is -0.131. The van der Waals surface area contributed by atoms with Gasteiger partial charge in [-0.1, -0.05) is 42.3 Å². The molecule has 1 aromatic rings. The molecule has 0 bridgehead atoms. The quantitative estimate of drug-likeness (QED) is 0.749. The van der Waals surface area contributed by atoms with Crippen LogP contribution in [-0.4, -0.2) is 24.2 Å². The zero-order chi connectivity index (χ0) is 17.6. The molecule has 0 radical (unpaired) electrons. The number of nitriles is 1. The smallest absolute Gasteiger partial charge is 0.308 e. The normalized spacial score (nSPS) is 14.4. The third-order valence-corrected chi connectivity index (χ3v) is 4.52. The first-order valence-corrected chi connectivity index (χ1v) is 7.68. The number of carboxylic acid groups (broad SMARTS) is 1. The van der Waals surface area contributed by atoms with Crippen molar-refractivity contribution in [2.45, 2.75) is 31.6 Å². The number of ether oxygens (including phenoxy) is 1. The molecule has 0 amide bonds. The van der Waals surface area contributed by atoms with Crippen LogP contribution in [0.4, 0.5) is 0 Å². The standard InChI is InChI=1S/C16H17Cl2NO4/c1-10(15(22)23-2)8-16(9-19,7-6-13(20)21)11-4-3-5-12(17)14(11)18/h3-5,10H,6-8H2,1-2H3,(H,20,21). The first kappa shape index (κ1) is 19.3. The van der Waals surface area contributed by atoms with E-state index in [4.69, 9.17) is 33.0 Å². The second-order valence-electron chi connectivity index (χ2n) is 5.32. The molecule has 0 fully saturated rings. The Hall–Kier alpha value is -1.77. The van der Waals surface area contributed by atoms with Gasteiger partial charge in [-0.15, -0.1) is 0 Å². The number of carbonyl (C=O) groups excluding carboxylic acids is 1. The molecule has 2 unspecified atom stereocenters. The van der Waals surface area contributed by atoms with Gasteiger partial charge in [-0.25, -0.2) is 0 Å². The monoisotopic (exact) mass is 357 g/mol. The van der Waals surface area contributed by atoms with E-state index in [1.54, 1.807) is 25.1 Å². The number of benzene rings is 1. The van der Waals surface area contributed by atoms with Gasteiger partial charge in [0.1, 0.15) is 0 Å². The number of nitrogens with zero attached hydrogens (tertiary/aromatic N) is 1. The largest absolute Gasteiger partial charge is 0.481 e. The Kier molecular flexibility index (Phi) is 6.86. The highest BCUT2D eigenvalue weighted by Crippen LogP contribution is 2.41. The van der Waals surface area contributed by atoms with Gasteiger partial charge < -0.3 is 9.84 Å². The molecule has 23 heavy (non-hydrogen) atoms. The predicted octanol–water partition coefficient (Wildman–Crippen LogP) is 3.82. The van der Waals surface area contributed by atoms with Crippen molar-refractivity contribution < 1.29 is 19.4 Å². The summed E-state index contributed by atoms with van der Waals surface area (Å²) in [5.74, 6) is -2.10. The molecule has 0 aliphatic carbocycles. The number of hydrogen-bond acceptors (Lipinski definition) is 4. The molecular weight excluding hydrogens is 341 g/mol. The van der Waals surface area contributed by atoms with Gasteiger partial charge in [0.15, 0.2) is 0 Å². The maximum atomic E-state index is 11.7. The van der Waals surface area contributed by atoms with Gasteiger partial charge in [-0.3, -0.25) is 9.59 Å². The zero-order valence-electron chi connectivity index (χ0n) is 12.8. The zero-order valence-corrected chi connectivity index (χ0v) is 14.3. The van der Waals surface area contributed by atoms with E-state index in [1.165, 1.54) is 7.11 Å². The molecule has 0 aromatic heterocycles. The fraction of sp³-hybridized carbons (Fsp3) is 0.438. The van der Waals surface area contributed by atoms with Crippen LogP contribution >= 0.6 is 23.2 Å². The van der Waals surface area contributed by atoms with Crippen LogP contribution < -0.4 is 0 Å². The third kappa shape index (κ3) is 4.60. The third-order valence-electron chi connectivity index (χ3n) is 3.71. The summed E-state index contributed by atoms with van der Waals surface area (Å²) in [4.78, 5) is 22.7. The minimum Gasteiger partial charge on any atom is -0.481 e. The highest BCUT2D eigenvalue weighted by molar-refractivity contribution is 6.42. The maximum Gasteiger partial charge on any atom is 0.308 e. The van der Waals surface area contributed by atoms with Gasteiger partial charge in [0, 0.05) is 6.42 Å². The van der Waals surface area contributed by atoms with Crippen molar-refractivity contribution in [3.05, 3.63) is 33.8 Å². The molecule has 7 heteroatoms. The number of carboxylic acids is 1. The van der Waals surface area contributed by atoms with Gasteiger partial charge in [0.2, 0.25) is 0 Å². The number of halogens is 2. The van der Waals surface area contributed by atoms with Gasteiger partial charge in [-0.2, -0.15) is 5.26 Å². The molecule has 0 saturated carbocycles. The van der Waals surface area contributed by atoms with E-state index in [1.807, 2.05) is 0 Å². The molecule has 2 atom stereocenters. The topological polar surface area (TPSA) is 87.4 Å². The van der Waals surface area contributed by atoms with Crippen LogP contribution in [0.2, 0.25) is 10.0 Å². The summed E-state index contributed by atoms with van der Waals surface area (Å²) in [7, 11) is 1.26. The highest BCUT2D eigenvalue weighted by Gasteiger charge is 2.38. The maximum absolute atomic E-state index is 11.7. The molecule has 124 valence electrons. The Bertz CT molecular complexity index is 641. The minimum atomic E-state index is -1.24. The Morgan fingerprint density at radius 2 is 2.09 bits per heavy atom. The summed E-state index contributed by atoms with van der Waals surface area (Å²) >= 11 is 12.2. The van der Waals surface area contributed by atoms with Gasteiger partial charge in [0.05, 0.1) is 34.6 Å². The van der Waals surface area contributed by atoms with Crippen molar-refractivity contribution in [3.63, 3.8) is 0 Å². The molecule has 1 aromatic carbocycles. The van der Waals surface area contributed by atoms with E-state index in [9.17, 15) is 14.9 Å². The van der Waals surface area contributed by atoms with Crippen LogP contribution in [0.5, 0.6) is 0 Å². The van der Waals surface area contributed by atoms with Crippen LogP contribution in [0.1, 0.15) is 31.7 Å². The number of hydrogen-bond donors (Lipinski definition) is 1. The average molecular weight is 358 g/mol. The molecule has 0 aliphatic rings. The Labute approximate surface area is 144 Å². The first-order chi connectivity index (χ1) is 10.8. The average Bonchev–Trinajstić information content (AvgIpc) is 2.53. The Morgan fingerprint density at radius 3 is 2.61 bits per heavy atom. The van der Waals surface area contributed by atoms with E-state index >= 15 is 0 Å². The van der Waals surface area contributed by atoms with Gasteiger partial charge in [0.25, 0.3) is 0 Å². The predicted molar refractivity (Wildman–Crippen MR) is 86.4 cm³/mol. The van der Waals surface area contributed by atoms with Crippen molar-refractivity contribution in [1.82, 2.24) is 0 Å². The molecule has 1 rings (SSSR count). The van der Waals surface area contributed by atoms with Crippen LogP contribution in [0.25, 0.3) is 0 Å². The van der Waals surface area contributed by atoms with Crippen LogP contribution in [0.3, 0.4) is 0 Å². The summed E-state index contributed by atoms with van der Waals surface area (Å²) in [5.41, 5.74) is -0.820. The van der Waals surface area contributed by atoms with E-state index in [0.29, 0.717) is 5.56 Å². The minimum absolute atomic E-state index is 0.0141. The summed E-state index contributed by atoms with van der Waals surface area (Å²) in [6.45, 7) is 1.62. The fourth-order valence-electron chi connectivity index (χ4n) is 2.51. The summed E-state index contributed by atoms with van der Waals surface area (Å²) < 4.78 is 4.69. The summed E-state index contributed by atoms with van der Waals surface area (Å²) in [6, 6.07) is 7.00. The number of rotatable bonds is 7. The van der Waals surface area contributed by atoms with Crippen LogP contribution in [0, 0.1) is 17.2 Å². The number of carbonyl (C=O) groups is 2. The Morgan fingerprint density at radius 1 is 1.43 bits per heavy atom. The molecular formula is C16H17Cl2NO4. The molecule has 0 spiro atoms. The number of esters is 1. The second kappa shape index (κ2) is 8.19. The van der Waals surface area contributed by atoms with E-state index in [-0.39, 0.29) is 29.3 Å². The van der Waals surface area contributed by atoms with Crippen LogP contribution in [0.15, 0.2) is 18.2 Å². The van der Waals surface area contributed by atoms with Crippen molar-refractivity contribution >= 4 is 35.1 Å². The summed E-state index contributed by atoms with van der Waals surface area (Å²) in [5, 5.41) is 19.2. The lowest BCUT2D eigenvalue weighted by Crippen LogP contribution is -2.31. The molecule has 0 saturated heterocycles. The molecule has 1 N–H and O–H groups in total. The van der Waals surface area contributed by atoms with E-state index in [2.05, 4.69) is 6.07 Å². The lowest BCUT2D eigenvalue weighted by molar-refractivity contribution is -0.145. The van der Waals surface area contributed by atoms with E-state index in [0.717, 1.165) is 0 Å². The van der Waals surface area contributed by atoms with Gasteiger partial charge >= 0.3 is 11.9 Å². The lowest BCUT2D eigenvalue weighted by atomic mass is 9.72. The molecule has 0 aliphatic heterocycles. The Balaban J connectivity index is 3.34. The van der Waals surface area contributed by atoms with Crippen LogP contribution in [-0.2, 0) is 19.7 Å². The van der Waals surface area contributed by atoms with Crippen molar-refractivity contribution in [2.24, 2.45) is 5.92 Å². The van der Waals surface area contributed by atoms with Crippen molar-refractivity contribution in [1.29, 1.82) is 5.26 Å². The lowest BCUT2D eigenvalue weighted by Gasteiger charge is -2.30. The number of aliphatic carboxylic acids is 1. The van der Waals surface area contributed by atoms with Gasteiger partial charge in [-0.05, 0) is 24.5 Å². The first-order valence-electron chi connectivity index (χ1n) is 6.92. The van der Waals surface area contributed by atoms with E-state index < -0.39 is 23.3 Å². The fourth-order valence-corrected chi connectivity index (χ4v) is 2.99. The SMILES string of the molecule is COC(=O)C(C)CC(C#N)(CCC(=O)O)c1cccc(Cl)c1Cl. The molecule has 5 nitrogen and oxygen atoms in total.